The molecule has 0 radical (unpaired) electrons. The summed E-state index contributed by atoms with van der Waals surface area (Å²) in [5.74, 6) is -3.67. The summed E-state index contributed by atoms with van der Waals surface area (Å²) in [4.78, 5) is 44.3. The van der Waals surface area contributed by atoms with Crippen LogP contribution in [0.15, 0.2) is 54.6 Å². The number of nitrogens with one attached hydrogen (secondary N) is 2. The maximum absolute atomic E-state index is 15.6. The Hall–Kier alpha value is -4.47. The minimum absolute atomic E-state index is 0.147. The highest BCUT2D eigenvalue weighted by Crippen LogP contribution is 2.41. The molecule has 8 nitrogen and oxygen atoms in total. The van der Waals surface area contributed by atoms with Crippen LogP contribution < -0.4 is 21.3 Å². The third-order valence-electron chi connectivity index (χ3n) is 9.02. The molecule has 1 saturated heterocycles. The average Bonchev–Trinajstić information content (AvgIpc) is 3.52. The van der Waals surface area contributed by atoms with Crippen LogP contribution in [-0.2, 0) is 37.3 Å². The van der Waals surface area contributed by atoms with Crippen LogP contribution in [0.2, 0.25) is 0 Å². The predicted octanol–water partition coefficient (Wildman–Crippen LogP) is 5.79. The monoisotopic (exact) mass is 631 g/mol. The number of benzene rings is 3. The van der Waals surface area contributed by atoms with Gasteiger partial charge in [0.25, 0.3) is 5.91 Å². The van der Waals surface area contributed by atoms with Crippen molar-refractivity contribution in [2.24, 2.45) is 11.7 Å². The number of likely N-dealkylation sites (N-methyl/N-ethyl adjacent to an activating group) is 1. The number of hydrogen-bond donors (Lipinski definition) is 3. The zero-order valence-electron chi connectivity index (χ0n) is 27.6. The van der Waals surface area contributed by atoms with Gasteiger partial charge in [0.1, 0.15) is 11.6 Å². The smallest absolute Gasteiger partial charge is 0.276 e. The normalized spacial score (nSPS) is 17.9. The Morgan fingerprint density at radius 1 is 0.870 bits per heavy atom. The fourth-order valence-corrected chi connectivity index (χ4v) is 6.45. The second kappa shape index (κ2) is 11.7. The van der Waals surface area contributed by atoms with Crippen molar-refractivity contribution in [2.75, 3.05) is 35.7 Å². The van der Waals surface area contributed by atoms with Crippen LogP contribution in [0.5, 0.6) is 0 Å². The van der Waals surface area contributed by atoms with Crippen molar-refractivity contribution in [3.05, 3.63) is 88.5 Å². The largest absolute Gasteiger partial charge is 0.374 e. The Morgan fingerprint density at radius 3 is 2.00 bits per heavy atom. The molecule has 0 bridgehead atoms. The third kappa shape index (κ3) is 6.04. The van der Waals surface area contributed by atoms with E-state index in [1.165, 1.54) is 17.0 Å². The van der Waals surface area contributed by atoms with Crippen molar-refractivity contribution in [2.45, 2.75) is 70.9 Å². The fraction of sp³-hybridized carbons (Fsp3) is 0.417. The van der Waals surface area contributed by atoms with Crippen LogP contribution in [0.4, 0.5) is 25.8 Å². The zero-order valence-corrected chi connectivity index (χ0v) is 27.6. The van der Waals surface area contributed by atoms with Gasteiger partial charge < -0.3 is 26.2 Å². The number of carbonyl (C=O) groups excluding carboxylic acids is 3. The van der Waals surface area contributed by atoms with Crippen molar-refractivity contribution in [3.63, 3.8) is 0 Å². The summed E-state index contributed by atoms with van der Waals surface area (Å²) in [6.45, 7) is 12.0. The molecule has 1 fully saturated rings. The third-order valence-corrected chi connectivity index (χ3v) is 9.02. The van der Waals surface area contributed by atoms with E-state index in [0.717, 1.165) is 17.8 Å². The maximum Gasteiger partial charge on any atom is 0.276 e. The maximum atomic E-state index is 15.6. The van der Waals surface area contributed by atoms with Crippen molar-refractivity contribution in [3.8, 4) is 0 Å². The van der Waals surface area contributed by atoms with Gasteiger partial charge in [-0.25, -0.2) is 8.78 Å². The number of halogens is 2. The first-order valence-electron chi connectivity index (χ1n) is 15.6. The Kier molecular flexibility index (Phi) is 8.38. The Labute approximate surface area is 269 Å². The highest BCUT2D eigenvalue weighted by Gasteiger charge is 2.53. The van der Waals surface area contributed by atoms with Gasteiger partial charge in [-0.1, -0.05) is 59.7 Å². The molecule has 3 aromatic rings. The summed E-state index contributed by atoms with van der Waals surface area (Å²) in [6, 6.07) is 14.6. The highest BCUT2D eigenvalue weighted by molar-refractivity contribution is 6.04. The summed E-state index contributed by atoms with van der Waals surface area (Å²) in [5, 5.41) is 6.06. The lowest BCUT2D eigenvalue weighted by molar-refractivity contribution is -0.141. The summed E-state index contributed by atoms with van der Waals surface area (Å²) in [5.41, 5.74) is 6.47. The molecule has 10 heteroatoms. The van der Waals surface area contributed by atoms with Crippen molar-refractivity contribution in [1.82, 2.24) is 4.90 Å². The molecular formula is C36H43F2N5O3. The Bertz CT molecular complexity index is 1710. The molecule has 46 heavy (non-hydrogen) atoms. The van der Waals surface area contributed by atoms with E-state index in [1.807, 2.05) is 60.7 Å². The minimum Gasteiger partial charge on any atom is -0.374 e. The molecular weight excluding hydrogens is 588 g/mol. The van der Waals surface area contributed by atoms with E-state index in [1.54, 1.807) is 30.3 Å². The van der Waals surface area contributed by atoms with Crippen molar-refractivity contribution in [1.29, 1.82) is 0 Å². The lowest BCUT2D eigenvalue weighted by Gasteiger charge is -2.42. The molecule has 0 spiro atoms. The molecule has 2 aliphatic rings. The lowest BCUT2D eigenvalue weighted by atomic mass is 9.86. The van der Waals surface area contributed by atoms with E-state index in [4.69, 9.17) is 5.73 Å². The van der Waals surface area contributed by atoms with Gasteiger partial charge in [0.15, 0.2) is 0 Å². The van der Waals surface area contributed by atoms with Gasteiger partial charge >= 0.3 is 0 Å². The summed E-state index contributed by atoms with van der Waals surface area (Å²) in [6.07, 6.45) is 0.523. The first kappa shape index (κ1) is 32.9. The number of primary amides is 1. The minimum atomic E-state index is -1.97. The van der Waals surface area contributed by atoms with Crippen LogP contribution in [0, 0.1) is 17.6 Å². The molecule has 4 N–H and O–H groups in total. The summed E-state index contributed by atoms with van der Waals surface area (Å²) < 4.78 is 30.9. The molecule has 2 atom stereocenters. The molecule has 244 valence electrons. The molecule has 5 rings (SSSR count). The molecule has 2 heterocycles. The number of nitrogens with two attached hydrogens (primary N) is 1. The Balaban J connectivity index is 1.70. The van der Waals surface area contributed by atoms with Gasteiger partial charge in [0, 0.05) is 49.2 Å². The predicted molar refractivity (Wildman–Crippen MR) is 177 cm³/mol. The SMILES string of the molecule is CN1CCc2cc([C@@](Nc3ccc(C(C)(C)C)c(F)c3)(C(=O)Nc3ccc(C(C)(C)C)c(F)c3)N3CC(C(N)=O)CC3=O)ccc21. The van der Waals surface area contributed by atoms with E-state index in [-0.39, 0.29) is 24.3 Å². The van der Waals surface area contributed by atoms with E-state index < -0.39 is 51.8 Å². The Morgan fingerprint density at radius 2 is 1.46 bits per heavy atom. The van der Waals surface area contributed by atoms with Gasteiger partial charge in [-0.15, -0.1) is 0 Å². The van der Waals surface area contributed by atoms with E-state index in [2.05, 4.69) is 15.5 Å². The second-order valence-corrected chi connectivity index (χ2v) is 14.5. The standard InChI is InChI=1S/C36H43F2N5O3/c1-34(2,3)26-11-9-24(18-28(26)37)40-33(46)36(43-20-22(32(39)45)17-31(43)44,23-8-13-30-21(16-23)14-15-42(30)7)41-25-10-12-27(29(38)19-25)35(4,5)6/h8-13,16,18-19,22,41H,14-15,17,20H2,1-7H3,(H2,39,45)(H,40,46)/t22?,36-/m0/s1. The number of rotatable bonds is 7. The van der Waals surface area contributed by atoms with Gasteiger partial charge in [0.2, 0.25) is 17.5 Å². The molecule has 1 unspecified atom stereocenters. The van der Waals surface area contributed by atoms with E-state index >= 15 is 8.78 Å². The fourth-order valence-electron chi connectivity index (χ4n) is 6.45. The van der Waals surface area contributed by atoms with E-state index in [9.17, 15) is 14.4 Å². The molecule has 0 saturated carbocycles. The second-order valence-electron chi connectivity index (χ2n) is 14.5. The molecule has 0 aliphatic carbocycles. The topological polar surface area (TPSA) is 108 Å². The van der Waals surface area contributed by atoms with Gasteiger partial charge in [-0.05, 0) is 70.3 Å². The van der Waals surface area contributed by atoms with Crippen molar-refractivity contribution < 1.29 is 23.2 Å². The van der Waals surface area contributed by atoms with Crippen LogP contribution in [0.3, 0.4) is 0 Å². The number of nitrogens with zero attached hydrogens (tertiary/aromatic N) is 2. The van der Waals surface area contributed by atoms with Crippen LogP contribution in [-0.4, -0.2) is 42.8 Å². The molecule has 3 aromatic carbocycles. The molecule has 2 aliphatic heterocycles. The van der Waals surface area contributed by atoms with Gasteiger partial charge in [0.05, 0.1) is 5.92 Å². The number of likely N-dealkylation sites (tertiary alicyclic amines) is 1. The number of anilines is 3. The van der Waals surface area contributed by atoms with Crippen LogP contribution in [0.1, 0.15) is 70.2 Å². The summed E-state index contributed by atoms with van der Waals surface area (Å²) >= 11 is 0. The van der Waals surface area contributed by atoms with E-state index in [0.29, 0.717) is 23.1 Å². The number of hydrogen-bond acceptors (Lipinski definition) is 5. The first-order chi connectivity index (χ1) is 21.4. The quantitative estimate of drug-likeness (QED) is 0.306. The molecule has 0 aromatic heterocycles. The van der Waals surface area contributed by atoms with Crippen molar-refractivity contribution >= 4 is 34.8 Å². The highest BCUT2D eigenvalue weighted by atomic mass is 19.1. The number of fused-ring (bicyclic) bond motifs is 1. The van der Waals surface area contributed by atoms with Crippen LogP contribution >= 0.6 is 0 Å². The number of amides is 3. The molecule has 3 amide bonds. The summed E-state index contributed by atoms with van der Waals surface area (Å²) in [7, 11) is 1.97. The first-order valence-corrected chi connectivity index (χ1v) is 15.6. The number of carbonyl (C=O) groups is 3. The average molecular weight is 632 g/mol. The van der Waals surface area contributed by atoms with Crippen LogP contribution in [0.25, 0.3) is 0 Å². The zero-order chi connectivity index (χ0) is 33.8. The van der Waals surface area contributed by atoms with Gasteiger partial charge in [-0.3, -0.25) is 14.4 Å². The van der Waals surface area contributed by atoms with Gasteiger partial charge in [-0.2, -0.15) is 0 Å². The lowest BCUT2D eigenvalue weighted by Crippen LogP contribution is -2.60.